The molecule has 1 aromatic carbocycles. The third kappa shape index (κ3) is 3.81. The number of carbonyl (C=O) groups excluding carboxylic acids is 1. The van der Waals surface area contributed by atoms with Gasteiger partial charge in [-0.3, -0.25) is 9.48 Å². The number of carbonyl (C=O) groups is 1. The number of ether oxygens (including phenoxy) is 2. The van der Waals surface area contributed by atoms with Crippen LogP contribution >= 0.6 is 0 Å². The molecule has 0 bridgehead atoms. The van der Waals surface area contributed by atoms with Crippen LogP contribution in [0.2, 0.25) is 0 Å². The maximum atomic E-state index is 12.7. The van der Waals surface area contributed by atoms with Gasteiger partial charge in [-0.15, -0.1) is 0 Å². The molecule has 29 heavy (non-hydrogen) atoms. The Balaban J connectivity index is 1.55. The zero-order valence-corrected chi connectivity index (χ0v) is 16.4. The molecule has 0 spiro atoms. The van der Waals surface area contributed by atoms with Crippen molar-refractivity contribution in [3.8, 4) is 11.6 Å². The number of hydrogen-bond donors (Lipinski definition) is 1. The Labute approximate surface area is 167 Å². The lowest BCUT2D eigenvalue weighted by Crippen LogP contribution is -2.31. The summed E-state index contributed by atoms with van der Waals surface area (Å²) in [6, 6.07) is 6.54. The van der Waals surface area contributed by atoms with Crippen molar-refractivity contribution in [3.63, 3.8) is 0 Å². The highest BCUT2D eigenvalue weighted by atomic mass is 32.2. The van der Waals surface area contributed by atoms with Gasteiger partial charge in [0.2, 0.25) is 5.88 Å². The Bertz CT molecular complexity index is 1140. The summed E-state index contributed by atoms with van der Waals surface area (Å²) >= 11 is 0. The monoisotopic (exact) mass is 417 g/mol. The minimum atomic E-state index is -4.14. The smallest absolute Gasteiger partial charge is 0.271 e. The van der Waals surface area contributed by atoms with Crippen LogP contribution in [0.4, 0.5) is 0 Å². The second kappa shape index (κ2) is 7.59. The molecule has 0 radical (unpaired) electrons. The molecule has 0 atom stereocenters. The van der Waals surface area contributed by atoms with Crippen LogP contribution in [0, 0.1) is 0 Å². The minimum Gasteiger partial charge on any atom is -0.496 e. The van der Waals surface area contributed by atoms with Gasteiger partial charge in [0.25, 0.3) is 15.9 Å². The molecule has 1 N–H and O–H groups in total. The largest absolute Gasteiger partial charge is 0.496 e. The molecule has 10 nitrogen and oxygen atoms in total. The van der Waals surface area contributed by atoms with E-state index in [9.17, 15) is 13.2 Å². The van der Waals surface area contributed by atoms with Crippen molar-refractivity contribution in [1.29, 1.82) is 0 Å². The van der Waals surface area contributed by atoms with Gasteiger partial charge in [0.1, 0.15) is 5.75 Å². The van der Waals surface area contributed by atoms with Gasteiger partial charge in [0.05, 0.1) is 26.5 Å². The van der Waals surface area contributed by atoms with E-state index in [1.807, 2.05) is 0 Å². The number of rotatable bonds is 6. The molecule has 11 heteroatoms. The number of aromatic nitrogens is 4. The summed E-state index contributed by atoms with van der Waals surface area (Å²) in [6.07, 6.45) is 5.40. The van der Waals surface area contributed by atoms with Crippen LogP contribution in [-0.4, -0.2) is 47.6 Å². The van der Waals surface area contributed by atoms with E-state index in [1.165, 1.54) is 30.1 Å². The molecule has 1 aliphatic rings. The molecule has 2 aromatic heterocycles. The van der Waals surface area contributed by atoms with Crippen molar-refractivity contribution in [2.45, 2.75) is 24.4 Å². The summed E-state index contributed by atoms with van der Waals surface area (Å²) in [4.78, 5) is 12.4. The molecule has 0 unspecified atom stereocenters. The van der Waals surface area contributed by atoms with Crippen LogP contribution in [0.15, 0.2) is 47.8 Å². The predicted molar refractivity (Wildman–Crippen MR) is 101 cm³/mol. The molecule has 0 aliphatic carbocycles. The highest BCUT2D eigenvalue weighted by Gasteiger charge is 2.28. The minimum absolute atomic E-state index is 0.142. The molecule has 0 fully saturated rings. The van der Waals surface area contributed by atoms with Gasteiger partial charge in [-0.1, -0.05) is 6.07 Å². The van der Waals surface area contributed by atoms with Crippen molar-refractivity contribution in [2.75, 3.05) is 13.7 Å². The maximum Gasteiger partial charge on any atom is 0.271 e. The lowest BCUT2D eigenvalue weighted by Gasteiger charge is -2.16. The fourth-order valence-corrected chi connectivity index (χ4v) is 4.10. The zero-order valence-electron chi connectivity index (χ0n) is 15.6. The second-order valence-corrected chi connectivity index (χ2v) is 8.05. The van der Waals surface area contributed by atoms with Crippen molar-refractivity contribution in [2.24, 2.45) is 0 Å². The topological polar surface area (TPSA) is 117 Å². The number of hydrogen-bond acceptors (Lipinski definition) is 7. The lowest BCUT2D eigenvalue weighted by molar-refractivity contribution is 0.0981. The van der Waals surface area contributed by atoms with Crippen LogP contribution in [0.3, 0.4) is 0 Å². The predicted octanol–water partition coefficient (Wildman–Crippen LogP) is 1.04. The number of sulfonamides is 1. The normalized spacial score (nSPS) is 13.4. The van der Waals surface area contributed by atoms with E-state index in [0.29, 0.717) is 25.4 Å². The molecule has 1 amide bonds. The molecule has 3 aromatic rings. The van der Waals surface area contributed by atoms with Crippen molar-refractivity contribution in [3.05, 3.63) is 54.0 Å². The quantitative estimate of drug-likeness (QED) is 0.637. The van der Waals surface area contributed by atoms with Crippen LogP contribution in [-0.2, 0) is 23.1 Å². The fourth-order valence-electron chi connectivity index (χ4n) is 3.05. The summed E-state index contributed by atoms with van der Waals surface area (Å²) in [6.45, 7) is 1.42. The first-order valence-corrected chi connectivity index (χ1v) is 10.4. The van der Waals surface area contributed by atoms with E-state index in [2.05, 4.69) is 14.9 Å². The molecule has 1 aliphatic heterocycles. The maximum absolute atomic E-state index is 12.7. The molecular weight excluding hydrogens is 398 g/mol. The van der Waals surface area contributed by atoms with Crippen molar-refractivity contribution < 1.29 is 22.7 Å². The fraction of sp³-hybridized carbons (Fsp3) is 0.278. The number of fused-ring (bicyclic) bond motifs is 1. The SMILES string of the molecule is COc1cc(C(=O)NS(=O)(=O)c2cnn3c2OCCC3)ccc1Cn1cccn1. The first kappa shape index (κ1) is 19.0. The number of aryl methyl sites for hydroxylation is 1. The van der Waals surface area contributed by atoms with Gasteiger partial charge < -0.3 is 9.47 Å². The average Bonchev–Trinajstić information content (AvgIpc) is 3.37. The Kier molecular flexibility index (Phi) is 4.97. The highest BCUT2D eigenvalue weighted by molar-refractivity contribution is 7.90. The van der Waals surface area contributed by atoms with Crippen LogP contribution in [0.25, 0.3) is 0 Å². The van der Waals surface area contributed by atoms with Crippen LogP contribution < -0.4 is 14.2 Å². The van der Waals surface area contributed by atoms with Gasteiger partial charge in [-0.25, -0.2) is 17.8 Å². The number of nitrogens with zero attached hydrogens (tertiary/aromatic N) is 4. The number of nitrogens with one attached hydrogen (secondary N) is 1. The van der Waals surface area contributed by atoms with E-state index in [0.717, 1.165) is 12.0 Å². The van der Waals surface area contributed by atoms with Crippen molar-refractivity contribution >= 4 is 15.9 Å². The summed E-state index contributed by atoms with van der Waals surface area (Å²) in [5.41, 5.74) is 0.950. The van der Waals surface area contributed by atoms with E-state index in [1.54, 1.807) is 29.2 Å². The molecule has 3 heterocycles. The summed E-state index contributed by atoms with van der Waals surface area (Å²) in [7, 11) is -2.66. The standard InChI is InChI=1S/C18H19N5O5S/c1-27-15-10-13(4-5-14(15)12-22-7-2-6-19-22)17(24)21-29(25,26)16-11-20-23-8-3-9-28-18(16)23/h2,4-7,10-11H,3,8-9,12H2,1H3,(H,21,24). The van der Waals surface area contributed by atoms with E-state index >= 15 is 0 Å². The van der Waals surface area contributed by atoms with Gasteiger partial charge in [0.15, 0.2) is 4.90 Å². The Morgan fingerprint density at radius 2 is 2.21 bits per heavy atom. The third-order valence-corrected chi connectivity index (χ3v) is 5.78. The summed E-state index contributed by atoms with van der Waals surface area (Å²) < 4.78 is 41.4. The number of methoxy groups -OCH3 is 1. The van der Waals surface area contributed by atoms with Crippen molar-refractivity contribution in [1.82, 2.24) is 24.3 Å². The first-order chi connectivity index (χ1) is 14.0. The molecule has 0 saturated heterocycles. The van der Waals surface area contributed by atoms with Gasteiger partial charge >= 0.3 is 0 Å². The molecule has 0 saturated carbocycles. The first-order valence-electron chi connectivity index (χ1n) is 8.88. The lowest BCUT2D eigenvalue weighted by atomic mass is 10.1. The Morgan fingerprint density at radius 3 is 2.97 bits per heavy atom. The molecule has 152 valence electrons. The second-order valence-electron chi connectivity index (χ2n) is 6.40. The highest BCUT2D eigenvalue weighted by Crippen LogP contribution is 2.27. The number of benzene rings is 1. The zero-order chi connectivity index (χ0) is 20.4. The van der Waals surface area contributed by atoms with E-state index in [-0.39, 0.29) is 16.3 Å². The van der Waals surface area contributed by atoms with Gasteiger partial charge in [-0.2, -0.15) is 10.2 Å². The number of amides is 1. The average molecular weight is 417 g/mol. The Hall–Kier alpha value is -3.34. The van der Waals surface area contributed by atoms with Crippen LogP contribution in [0.5, 0.6) is 11.6 Å². The Morgan fingerprint density at radius 1 is 1.34 bits per heavy atom. The van der Waals surface area contributed by atoms with E-state index in [4.69, 9.17) is 9.47 Å². The summed E-state index contributed by atoms with van der Waals surface area (Å²) in [5.74, 6) is -0.176. The van der Waals surface area contributed by atoms with Gasteiger partial charge in [-0.05, 0) is 18.2 Å². The van der Waals surface area contributed by atoms with E-state index < -0.39 is 15.9 Å². The van der Waals surface area contributed by atoms with Crippen LogP contribution in [0.1, 0.15) is 22.3 Å². The molecular formula is C18H19N5O5S. The third-order valence-electron chi connectivity index (χ3n) is 4.47. The van der Waals surface area contributed by atoms with Gasteiger partial charge in [0, 0.05) is 36.5 Å². The molecule has 4 rings (SSSR count). The summed E-state index contributed by atoms with van der Waals surface area (Å²) in [5, 5.41) is 8.15.